The number of aromatic nitrogens is 4. The summed E-state index contributed by atoms with van der Waals surface area (Å²) in [5.41, 5.74) is 1.50. The highest BCUT2D eigenvalue weighted by molar-refractivity contribution is 9.10. The lowest BCUT2D eigenvalue weighted by molar-refractivity contribution is 0.168. The molecule has 5 nitrogen and oxygen atoms in total. The third-order valence-corrected chi connectivity index (χ3v) is 2.87. The summed E-state index contributed by atoms with van der Waals surface area (Å²) in [7, 11) is 0. The van der Waals surface area contributed by atoms with Gasteiger partial charge in [0.25, 0.3) is 0 Å². The fraction of sp³-hybridized carbons (Fsp3) is 0.364. The van der Waals surface area contributed by atoms with E-state index in [1.165, 1.54) is 0 Å². The van der Waals surface area contributed by atoms with Gasteiger partial charge in [0, 0.05) is 10.7 Å². The molecule has 0 saturated heterocycles. The normalized spacial score (nSPS) is 12.6. The molecule has 0 spiro atoms. The topological polar surface area (TPSA) is 63.8 Å². The predicted molar refractivity (Wildman–Crippen MR) is 66.3 cm³/mol. The molecule has 0 aliphatic rings. The zero-order chi connectivity index (χ0) is 12.3. The van der Waals surface area contributed by atoms with Crippen LogP contribution in [0, 0.1) is 0 Å². The zero-order valence-corrected chi connectivity index (χ0v) is 11.0. The third-order valence-electron chi connectivity index (χ3n) is 2.40. The van der Waals surface area contributed by atoms with Gasteiger partial charge in [0.05, 0.1) is 24.5 Å². The van der Waals surface area contributed by atoms with Gasteiger partial charge in [-0.1, -0.05) is 12.1 Å². The molecule has 0 bridgehead atoms. The quantitative estimate of drug-likeness (QED) is 0.936. The molecular formula is C11H13BrN4O. The Labute approximate surface area is 108 Å². The molecule has 2 aromatic heterocycles. The molecule has 1 atom stereocenters. The number of rotatable bonds is 4. The van der Waals surface area contributed by atoms with Crippen LogP contribution < -0.4 is 0 Å². The highest BCUT2D eigenvalue weighted by atomic mass is 79.9. The van der Waals surface area contributed by atoms with E-state index in [9.17, 15) is 5.11 Å². The van der Waals surface area contributed by atoms with Gasteiger partial charge in [0.15, 0.2) is 0 Å². The second kappa shape index (κ2) is 5.37. The number of hydrogen-bond donors (Lipinski definition) is 1. The zero-order valence-electron chi connectivity index (χ0n) is 9.41. The van der Waals surface area contributed by atoms with Crippen molar-refractivity contribution in [1.82, 2.24) is 20.0 Å². The molecule has 90 valence electrons. The van der Waals surface area contributed by atoms with Crippen LogP contribution >= 0.6 is 15.9 Å². The Kier molecular flexibility index (Phi) is 3.86. The molecule has 0 radical (unpaired) electrons. The molecule has 6 heteroatoms. The van der Waals surface area contributed by atoms with Crippen molar-refractivity contribution >= 4 is 15.9 Å². The molecule has 0 fully saturated rings. The van der Waals surface area contributed by atoms with Crippen molar-refractivity contribution < 1.29 is 5.11 Å². The van der Waals surface area contributed by atoms with E-state index in [1.54, 1.807) is 17.1 Å². The third kappa shape index (κ3) is 3.10. The van der Waals surface area contributed by atoms with Crippen LogP contribution in [-0.2, 0) is 6.54 Å². The fourth-order valence-corrected chi connectivity index (χ4v) is 1.65. The van der Waals surface area contributed by atoms with Crippen molar-refractivity contribution in [1.29, 1.82) is 0 Å². The first kappa shape index (κ1) is 12.2. The number of halogens is 1. The first-order chi connectivity index (χ1) is 8.19. The van der Waals surface area contributed by atoms with Gasteiger partial charge in [0.1, 0.15) is 5.69 Å². The van der Waals surface area contributed by atoms with E-state index in [2.05, 4.69) is 31.2 Å². The maximum atomic E-state index is 9.61. The van der Waals surface area contributed by atoms with Gasteiger partial charge in [-0.25, -0.2) is 4.68 Å². The number of nitrogens with zero attached hydrogens (tertiary/aromatic N) is 4. The Morgan fingerprint density at radius 2 is 2.29 bits per heavy atom. The van der Waals surface area contributed by atoms with Crippen LogP contribution in [0.3, 0.4) is 0 Å². The number of hydrogen-bond acceptors (Lipinski definition) is 4. The molecule has 2 heterocycles. The highest BCUT2D eigenvalue weighted by Crippen LogP contribution is 2.13. The Hall–Kier alpha value is -1.27. The van der Waals surface area contributed by atoms with Gasteiger partial charge in [-0.15, -0.1) is 5.10 Å². The minimum Gasteiger partial charge on any atom is -0.387 e. The van der Waals surface area contributed by atoms with Crippen molar-refractivity contribution in [3.63, 3.8) is 0 Å². The maximum absolute atomic E-state index is 9.61. The average molecular weight is 297 g/mol. The lowest BCUT2D eigenvalue weighted by Crippen LogP contribution is -2.02. The van der Waals surface area contributed by atoms with Crippen LogP contribution in [-0.4, -0.2) is 25.1 Å². The molecule has 17 heavy (non-hydrogen) atoms. The van der Waals surface area contributed by atoms with Crippen molar-refractivity contribution in [3.8, 4) is 0 Å². The summed E-state index contributed by atoms with van der Waals surface area (Å²) in [6, 6.07) is 3.85. The fourth-order valence-electron chi connectivity index (χ4n) is 1.42. The highest BCUT2D eigenvalue weighted by Gasteiger charge is 2.09. The molecule has 0 aliphatic carbocycles. The summed E-state index contributed by atoms with van der Waals surface area (Å²) in [4.78, 5) is 4.25. The Balaban J connectivity index is 2.08. The first-order valence-corrected chi connectivity index (χ1v) is 6.17. The van der Waals surface area contributed by atoms with Gasteiger partial charge in [-0.05, 0) is 34.5 Å². The second-order valence-corrected chi connectivity index (χ2v) is 4.65. The Morgan fingerprint density at radius 1 is 1.47 bits per heavy atom. The molecule has 1 N–H and O–H groups in total. The lowest BCUT2D eigenvalue weighted by atomic mass is 10.2. The van der Waals surface area contributed by atoms with E-state index in [4.69, 9.17) is 0 Å². The summed E-state index contributed by atoms with van der Waals surface area (Å²) in [6.07, 6.45) is 3.59. The van der Waals surface area contributed by atoms with Crippen LogP contribution in [0.2, 0.25) is 0 Å². The standard InChI is InChI=1S/C11H13BrN4O/c1-2-11(17)10-7-16(15-14-10)6-9-4-3-8(12)5-13-9/h3-5,7,11,17H,2,6H2,1H3. The van der Waals surface area contributed by atoms with E-state index in [-0.39, 0.29) is 0 Å². The summed E-state index contributed by atoms with van der Waals surface area (Å²) < 4.78 is 2.62. The molecule has 2 aromatic rings. The van der Waals surface area contributed by atoms with Crippen LogP contribution in [0.5, 0.6) is 0 Å². The summed E-state index contributed by atoms with van der Waals surface area (Å²) in [6.45, 7) is 2.46. The molecule has 2 rings (SSSR count). The second-order valence-electron chi connectivity index (χ2n) is 3.73. The van der Waals surface area contributed by atoms with Crippen molar-refractivity contribution in [3.05, 3.63) is 40.4 Å². The smallest absolute Gasteiger partial charge is 0.111 e. The monoisotopic (exact) mass is 296 g/mol. The van der Waals surface area contributed by atoms with Crippen molar-refractivity contribution in [2.24, 2.45) is 0 Å². The van der Waals surface area contributed by atoms with E-state index < -0.39 is 6.10 Å². The Morgan fingerprint density at radius 3 is 2.94 bits per heavy atom. The average Bonchev–Trinajstić information content (AvgIpc) is 2.80. The minimum atomic E-state index is -0.540. The van der Waals surface area contributed by atoms with Crippen molar-refractivity contribution in [2.75, 3.05) is 0 Å². The maximum Gasteiger partial charge on any atom is 0.111 e. The molecule has 0 saturated carbocycles. The SMILES string of the molecule is CCC(O)c1cn(Cc2ccc(Br)cn2)nn1. The predicted octanol–water partition coefficient (Wildman–Crippen LogP) is 1.93. The summed E-state index contributed by atoms with van der Waals surface area (Å²) in [5, 5.41) is 17.5. The summed E-state index contributed by atoms with van der Waals surface area (Å²) >= 11 is 3.33. The van der Waals surface area contributed by atoms with Gasteiger partial charge in [-0.2, -0.15) is 0 Å². The molecule has 0 amide bonds. The minimum absolute atomic E-state index is 0.540. The summed E-state index contributed by atoms with van der Waals surface area (Å²) in [5.74, 6) is 0. The van der Waals surface area contributed by atoms with E-state index in [0.29, 0.717) is 18.7 Å². The van der Waals surface area contributed by atoms with Crippen LogP contribution in [0.4, 0.5) is 0 Å². The number of aliphatic hydroxyl groups is 1. The van der Waals surface area contributed by atoms with Gasteiger partial charge in [0.2, 0.25) is 0 Å². The Bertz CT molecular complexity index is 482. The lowest BCUT2D eigenvalue weighted by Gasteiger charge is -2.01. The number of aliphatic hydroxyl groups excluding tert-OH is 1. The molecule has 0 aliphatic heterocycles. The van der Waals surface area contributed by atoms with Crippen LogP contribution in [0.25, 0.3) is 0 Å². The number of pyridine rings is 1. The first-order valence-electron chi connectivity index (χ1n) is 5.37. The van der Waals surface area contributed by atoms with Gasteiger partial charge < -0.3 is 5.11 Å². The molecule has 0 aromatic carbocycles. The molecule has 1 unspecified atom stereocenters. The van der Waals surface area contributed by atoms with Crippen molar-refractivity contribution in [2.45, 2.75) is 26.0 Å². The van der Waals surface area contributed by atoms with E-state index in [1.807, 2.05) is 19.1 Å². The largest absolute Gasteiger partial charge is 0.387 e. The van der Waals surface area contributed by atoms with E-state index >= 15 is 0 Å². The van der Waals surface area contributed by atoms with E-state index in [0.717, 1.165) is 10.2 Å². The van der Waals surface area contributed by atoms with Crippen LogP contribution in [0.15, 0.2) is 29.0 Å². The van der Waals surface area contributed by atoms with Gasteiger partial charge >= 0.3 is 0 Å². The molecular weight excluding hydrogens is 284 g/mol. The van der Waals surface area contributed by atoms with Crippen LogP contribution in [0.1, 0.15) is 30.8 Å². The van der Waals surface area contributed by atoms with Gasteiger partial charge in [-0.3, -0.25) is 4.98 Å².